The van der Waals surface area contributed by atoms with Crippen LogP contribution in [0, 0.1) is 18.3 Å². The average molecular weight is 286 g/mol. The van der Waals surface area contributed by atoms with E-state index in [1.165, 1.54) is 12.8 Å². The number of rotatable bonds is 7. The lowest BCUT2D eigenvalue weighted by Crippen LogP contribution is -2.30. The molecule has 1 aliphatic carbocycles. The van der Waals surface area contributed by atoms with E-state index in [4.69, 9.17) is 11.0 Å². The van der Waals surface area contributed by atoms with Crippen molar-refractivity contribution >= 4 is 17.3 Å². The van der Waals surface area contributed by atoms with Crippen molar-refractivity contribution in [2.45, 2.75) is 38.6 Å². The minimum absolute atomic E-state index is 0.00805. The fourth-order valence-electron chi connectivity index (χ4n) is 2.36. The maximum atomic E-state index is 12.1. The van der Waals surface area contributed by atoms with Crippen molar-refractivity contribution in [2.24, 2.45) is 0 Å². The molecule has 1 aromatic rings. The highest BCUT2D eigenvalue weighted by molar-refractivity contribution is 5.92. The zero-order valence-electron chi connectivity index (χ0n) is 12.4. The first-order valence-corrected chi connectivity index (χ1v) is 7.37. The first-order chi connectivity index (χ1) is 10.1. The Morgan fingerprint density at radius 1 is 1.48 bits per heavy atom. The highest BCUT2D eigenvalue weighted by Crippen LogP contribution is 2.27. The summed E-state index contributed by atoms with van der Waals surface area (Å²) in [6, 6.07) is 8.25. The van der Waals surface area contributed by atoms with Gasteiger partial charge in [-0.1, -0.05) is 6.07 Å². The third kappa shape index (κ3) is 4.47. The van der Waals surface area contributed by atoms with Crippen LogP contribution < -0.4 is 11.1 Å². The maximum absolute atomic E-state index is 12.1. The van der Waals surface area contributed by atoms with E-state index >= 15 is 0 Å². The molecule has 21 heavy (non-hydrogen) atoms. The molecule has 1 aromatic carbocycles. The predicted molar refractivity (Wildman–Crippen MR) is 83.7 cm³/mol. The Kier molecular flexibility index (Phi) is 5.18. The summed E-state index contributed by atoms with van der Waals surface area (Å²) >= 11 is 0. The molecule has 0 atom stereocenters. The topological polar surface area (TPSA) is 82.2 Å². The van der Waals surface area contributed by atoms with Crippen LogP contribution in [0.3, 0.4) is 0 Å². The highest BCUT2D eigenvalue weighted by Gasteiger charge is 2.28. The van der Waals surface area contributed by atoms with Crippen molar-refractivity contribution in [2.75, 3.05) is 24.1 Å². The van der Waals surface area contributed by atoms with Crippen molar-refractivity contribution in [3.8, 4) is 6.07 Å². The number of nitrogens with two attached hydrogens (primary N) is 1. The van der Waals surface area contributed by atoms with E-state index in [-0.39, 0.29) is 5.91 Å². The van der Waals surface area contributed by atoms with Gasteiger partial charge in [-0.15, -0.1) is 0 Å². The highest BCUT2D eigenvalue weighted by atomic mass is 16.1. The van der Waals surface area contributed by atoms with Crippen LogP contribution in [-0.2, 0) is 4.79 Å². The molecule has 0 aliphatic heterocycles. The monoisotopic (exact) mass is 286 g/mol. The lowest BCUT2D eigenvalue weighted by atomic mass is 10.1. The Labute approximate surface area is 125 Å². The Bertz CT molecular complexity index is 546. The molecule has 0 saturated heterocycles. The van der Waals surface area contributed by atoms with Crippen molar-refractivity contribution in [3.63, 3.8) is 0 Å². The number of nitriles is 1. The normalized spacial score (nSPS) is 14.0. The molecule has 5 heteroatoms. The zero-order valence-corrected chi connectivity index (χ0v) is 12.4. The van der Waals surface area contributed by atoms with Gasteiger partial charge >= 0.3 is 0 Å². The average Bonchev–Trinajstić information content (AvgIpc) is 3.29. The summed E-state index contributed by atoms with van der Waals surface area (Å²) in [4.78, 5) is 14.3. The van der Waals surface area contributed by atoms with E-state index in [0.29, 0.717) is 31.1 Å². The van der Waals surface area contributed by atoms with Crippen LogP contribution >= 0.6 is 0 Å². The maximum Gasteiger partial charge on any atom is 0.225 e. The van der Waals surface area contributed by atoms with Crippen molar-refractivity contribution in [1.82, 2.24) is 4.90 Å². The summed E-state index contributed by atoms with van der Waals surface area (Å²) < 4.78 is 0. The number of amides is 1. The molecule has 1 amide bonds. The van der Waals surface area contributed by atoms with Crippen molar-refractivity contribution in [3.05, 3.63) is 23.8 Å². The minimum Gasteiger partial charge on any atom is -0.398 e. The fourth-order valence-corrected chi connectivity index (χ4v) is 2.36. The number of nitrogens with one attached hydrogen (secondary N) is 1. The first-order valence-electron chi connectivity index (χ1n) is 7.37. The summed E-state index contributed by atoms with van der Waals surface area (Å²) in [5, 5.41) is 11.6. The molecule has 0 bridgehead atoms. The van der Waals surface area contributed by atoms with Crippen LogP contribution in [0.5, 0.6) is 0 Å². The van der Waals surface area contributed by atoms with Crippen LogP contribution in [0.15, 0.2) is 18.2 Å². The molecule has 0 heterocycles. The fraction of sp³-hybridized carbons (Fsp3) is 0.500. The lowest BCUT2D eigenvalue weighted by Gasteiger charge is -2.20. The van der Waals surface area contributed by atoms with Crippen molar-refractivity contribution in [1.29, 1.82) is 5.26 Å². The van der Waals surface area contributed by atoms with Gasteiger partial charge in [-0.3, -0.25) is 9.69 Å². The molecule has 1 saturated carbocycles. The molecular formula is C16H22N4O. The summed E-state index contributed by atoms with van der Waals surface area (Å²) in [6.07, 6.45) is 3.32. The van der Waals surface area contributed by atoms with E-state index in [2.05, 4.69) is 16.3 Å². The molecule has 1 fully saturated rings. The SMILES string of the molecule is Cc1c(N)cccc1NC(=O)CCN(CCC#N)C1CC1. The van der Waals surface area contributed by atoms with Gasteiger partial charge in [-0.25, -0.2) is 0 Å². The van der Waals surface area contributed by atoms with Crippen LogP contribution in [0.1, 0.15) is 31.2 Å². The number of carbonyl (C=O) groups is 1. The summed E-state index contributed by atoms with van der Waals surface area (Å²) in [7, 11) is 0. The van der Waals surface area contributed by atoms with Gasteiger partial charge in [0.25, 0.3) is 0 Å². The Morgan fingerprint density at radius 3 is 2.90 bits per heavy atom. The quantitative estimate of drug-likeness (QED) is 0.753. The number of hydrogen-bond acceptors (Lipinski definition) is 4. The van der Waals surface area contributed by atoms with Gasteiger partial charge in [0.05, 0.1) is 6.07 Å². The smallest absolute Gasteiger partial charge is 0.225 e. The van der Waals surface area contributed by atoms with E-state index in [1.807, 2.05) is 25.1 Å². The molecule has 112 valence electrons. The molecule has 5 nitrogen and oxygen atoms in total. The van der Waals surface area contributed by atoms with E-state index < -0.39 is 0 Å². The van der Waals surface area contributed by atoms with Crippen LogP contribution in [0.25, 0.3) is 0 Å². The summed E-state index contributed by atoms with van der Waals surface area (Å²) in [6.45, 7) is 3.36. The Balaban J connectivity index is 1.83. The van der Waals surface area contributed by atoms with Gasteiger partial charge in [0.1, 0.15) is 0 Å². The van der Waals surface area contributed by atoms with E-state index in [9.17, 15) is 4.79 Å². The molecule has 0 spiro atoms. The predicted octanol–water partition coefficient (Wildman–Crippen LogP) is 2.28. The number of carbonyl (C=O) groups excluding carboxylic acids is 1. The van der Waals surface area contributed by atoms with E-state index in [0.717, 1.165) is 17.8 Å². The third-order valence-electron chi connectivity index (χ3n) is 3.85. The molecule has 1 aliphatic rings. The first kappa shape index (κ1) is 15.3. The molecule has 0 radical (unpaired) electrons. The van der Waals surface area contributed by atoms with Crippen molar-refractivity contribution < 1.29 is 4.79 Å². The lowest BCUT2D eigenvalue weighted by molar-refractivity contribution is -0.116. The number of nitrogens with zero attached hydrogens (tertiary/aromatic N) is 2. The van der Waals surface area contributed by atoms with Gasteiger partial charge in [0.2, 0.25) is 5.91 Å². The second-order valence-electron chi connectivity index (χ2n) is 5.49. The number of anilines is 2. The molecule has 2 rings (SSSR count). The van der Waals surface area contributed by atoms with Crippen LogP contribution in [0.4, 0.5) is 11.4 Å². The van der Waals surface area contributed by atoms with Crippen LogP contribution in [-0.4, -0.2) is 29.9 Å². The summed E-state index contributed by atoms with van der Waals surface area (Å²) in [5.74, 6) is -0.00805. The standard InChI is InChI=1S/C16H22N4O/c1-12-14(18)4-2-5-15(12)19-16(21)8-11-20(10-3-9-17)13-6-7-13/h2,4-5,13H,3,6-8,10-11,18H2,1H3,(H,19,21). The van der Waals surface area contributed by atoms with E-state index in [1.54, 1.807) is 0 Å². The van der Waals surface area contributed by atoms with Gasteiger partial charge in [-0.2, -0.15) is 5.26 Å². The molecule has 0 unspecified atom stereocenters. The Morgan fingerprint density at radius 2 is 2.24 bits per heavy atom. The zero-order chi connectivity index (χ0) is 15.2. The third-order valence-corrected chi connectivity index (χ3v) is 3.85. The number of benzene rings is 1. The minimum atomic E-state index is -0.00805. The molecule has 3 N–H and O–H groups in total. The van der Waals surface area contributed by atoms with Gasteiger partial charge < -0.3 is 11.1 Å². The molecular weight excluding hydrogens is 264 g/mol. The summed E-state index contributed by atoms with van der Waals surface area (Å²) in [5.41, 5.74) is 8.18. The second kappa shape index (κ2) is 7.09. The largest absolute Gasteiger partial charge is 0.398 e. The van der Waals surface area contributed by atoms with Gasteiger partial charge in [-0.05, 0) is 37.5 Å². The van der Waals surface area contributed by atoms with Crippen LogP contribution in [0.2, 0.25) is 0 Å². The Hall–Kier alpha value is -2.06. The number of nitrogen functional groups attached to an aromatic ring is 1. The number of hydrogen-bond donors (Lipinski definition) is 2. The second-order valence-corrected chi connectivity index (χ2v) is 5.49. The van der Waals surface area contributed by atoms with Gasteiger partial charge in [0, 0.05) is 43.3 Å². The van der Waals surface area contributed by atoms with Gasteiger partial charge in [0.15, 0.2) is 0 Å². The molecule has 0 aromatic heterocycles.